The maximum atomic E-state index is 12.0. The van der Waals surface area contributed by atoms with Gasteiger partial charge in [0.2, 0.25) is 0 Å². The minimum absolute atomic E-state index is 0.169. The van der Waals surface area contributed by atoms with E-state index in [2.05, 4.69) is 10.4 Å². The van der Waals surface area contributed by atoms with Crippen molar-refractivity contribution in [3.63, 3.8) is 0 Å². The number of nitrogens with zero attached hydrogens (tertiary/aromatic N) is 2. The Balaban J connectivity index is 1.68. The molecule has 6 heteroatoms. The zero-order chi connectivity index (χ0) is 13.8. The van der Waals surface area contributed by atoms with E-state index in [1.54, 1.807) is 14.0 Å². The van der Waals surface area contributed by atoms with Gasteiger partial charge in [0.15, 0.2) is 0 Å². The molecule has 1 N–H and O–H groups in total. The number of rotatable bonds is 7. The standard InChI is InChI=1S/C13H20ClN3O2/c1-9-11(12(14)17(2)16-9)13(18)15-6-3-7-19-8-10-4-5-10/h10H,3-8H2,1-2H3,(H,15,18). The fourth-order valence-corrected chi connectivity index (χ4v) is 2.15. The summed E-state index contributed by atoms with van der Waals surface area (Å²) in [5, 5.41) is 7.33. The highest BCUT2D eigenvalue weighted by molar-refractivity contribution is 6.33. The van der Waals surface area contributed by atoms with Crippen molar-refractivity contribution in [2.75, 3.05) is 19.8 Å². The number of nitrogens with one attached hydrogen (secondary N) is 1. The van der Waals surface area contributed by atoms with Gasteiger partial charge in [0, 0.05) is 26.8 Å². The summed E-state index contributed by atoms with van der Waals surface area (Å²) in [7, 11) is 1.72. The number of aryl methyl sites for hydroxylation is 2. The maximum Gasteiger partial charge on any atom is 0.256 e. The van der Waals surface area contributed by atoms with Gasteiger partial charge in [-0.25, -0.2) is 0 Å². The number of aromatic nitrogens is 2. The molecule has 0 unspecified atom stereocenters. The summed E-state index contributed by atoms with van der Waals surface area (Å²) < 4.78 is 7.01. The van der Waals surface area contributed by atoms with Crippen molar-refractivity contribution in [1.82, 2.24) is 15.1 Å². The first-order valence-electron chi connectivity index (χ1n) is 6.64. The van der Waals surface area contributed by atoms with Gasteiger partial charge in [-0.05, 0) is 32.1 Å². The Hall–Kier alpha value is -1.07. The van der Waals surface area contributed by atoms with Crippen molar-refractivity contribution in [3.8, 4) is 0 Å². The highest BCUT2D eigenvalue weighted by Gasteiger charge is 2.21. The van der Waals surface area contributed by atoms with E-state index < -0.39 is 0 Å². The van der Waals surface area contributed by atoms with Gasteiger partial charge in [0.05, 0.1) is 11.3 Å². The lowest BCUT2D eigenvalue weighted by Crippen LogP contribution is -2.26. The van der Waals surface area contributed by atoms with Crippen LogP contribution in [0.2, 0.25) is 5.15 Å². The Bertz CT molecular complexity index is 455. The number of ether oxygens (including phenoxy) is 1. The summed E-state index contributed by atoms with van der Waals surface area (Å²) in [6.45, 7) is 3.92. The smallest absolute Gasteiger partial charge is 0.256 e. The number of carbonyl (C=O) groups excluding carboxylic acids is 1. The number of hydrogen-bond donors (Lipinski definition) is 1. The third-order valence-corrected chi connectivity index (χ3v) is 3.61. The highest BCUT2D eigenvalue weighted by atomic mass is 35.5. The quantitative estimate of drug-likeness (QED) is 0.779. The Morgan fingerprint density at radius 2 is 2.32 bits per heavy atom. The van der Waals surface area contributed by atoms with E-state index in [1.165, 1.54) is 17.5 Å². The van der Waals surface area contributed by atoms with Gasteiger partial charge in [-0.15, -0.1) is 0 Å². The number of amides is 1. The highest BCUT2D eigenvalue weighted by Crippen LogP contribution is 2.28. The minimum Gasteiger partial charge on any atom is -0.381 e. The fourth-order valence-electron chi connectivity index (χ4n) is 1.89. The van der Waals surface area contributed by atoms with Crippen molar-refractivity contribution < 1.29 is 9.53 Å². The van der Waals surface area contributed by atoms with Gasteiger partial charge in [-0.3, -0.25) is 9.48 Å². The molecule has 0 saturated heterocycles. The monoisotopic (exact) mass is 285 g/mol. The Morgan fingerprint density at radius 1 is 1.58 bits per heavy atom. The molecular weight excluding hydrogens is 266 g/mol. The summed E-state index contributed by atoms with van der Waals surface area (Å²) in [5.41, 5.74) is 1.11. The molecule has 2 rings (SSSR count). The first-order valence-corrected chi connectivity index (χ1v) is 7.02. The van der Waals surface area contributed by atoms with Crippen molar-refractivity contribution in [2.24, 2.45) is 13.0 Å². The largest absolute Gasteiger partial charge is 0.381 e. The molecule has 0 aromatic carbocycles. The lowest BCUT2D eigenvalue weighted by atomic mass is 10.2. The first kappa shape index (κ1) is 14.3. The van der Waals surface area contributed by atoms with Gasteiger partial charge in [0.25, 0.3) is 5.91 Å². The number of halogens is 1. The molecule has 1 saturated carbocycles. The van der Waals surface area contributed by atoms with Crippen molar-refractivity contribution >= 4 is 17.5 Å². The number of hydrogen-bond acceptors (Lipinski definition) is 3. The molecule has 1 aromatic rings. The molecule has 5 nitrogen and oxygen atoms in total. The molecule has 1 amide bonds. The van der Waals surface area contributed by atoms with Crippen LogP contribution in [-0.2, 0) is 11.8 Å². The Morgan fingerprint density at radius 3 is 2.89 bits per heavy atom. The average molecular weight is 286 g/mol. The van der Waals surface area contributed by atoms with Gasteiger partial charge < -0.3 is 10.1 Å². The first-order chi connectivity index (χ1) is 9.09. The Labute approximate surface area is 118 Å². The van der Waals surface area contributed by atoms with E-state index in [0.29, 0.717) is 29.6 Å². The third-order valence-electron chi connectivity index (χ3n) is 3.18. The molecule has 0 atom stereocenters. The van der Waals surface area contributed by atoms with Crippen LogP contribution >= 0.6 is 11.6 Å². The van der Waals surface area contributed by atoms with E-state index in [4.69, 9.17) is 16.3 Å². The summed E-state index contributed by atoms with van der Waals surface area (Å²) in [6.07, 6.45) is 3.42. The summed E-state index contributed by atoms with van der Waals surface area (Å²) in [6, 6.07) is 0. The molecule has 0 aliphatic heterocycles. The van der Waals surface area contributed by atoms with E-state index in [0.717, 1.165) is 18.9 Å². The molecule has 1 heterocycles. The molecule has 1 aliphatic carbocycles. The van der Waals surface area contributed by atoms with Crippen LogP contribution in [0.4, 0.5) is 0 Å². The van der Waals surface area contributed by atoms with Crippen LogP contribution in [0.5, 0.6) is 0 Å². The zero-order valence-corrected chi connectivity index (χ0v) is 12.2. The van der Waals surface area contributed by atoms with Crippen LogP contribution in [0, 0.1) is 12.8 Å². The minimum atomic E-state index is -0.169. The lowest BCUT2D eigenvalue weighted by Gasteiger charge is -2.05. The van der Waals surface area contributed by atoms with E-state index in [1.807, 2.05) is 0 Å². The van der Waals surface area contributed by atoms with Gasteiger partial charge in [-0.2, -0.15) is 5.10 Å². The second-order valence-electron chi connectivity index (χ2n) is 5.00. The van der Waals surface area contributed by atoms with Crippen molar-refractivity contribution in [2.45, 2.75) is 26.2 Å². The lowest BCUT2D eigenvalue weighted by molar-refractivity contribution is 0.0937. The predicted octanol–water partition coefficient (Wildman–Crippen LogP) is 1.93. The van der Waals surface area contributed by atoms with E-state index >= 15 is 0 Å². The van der Waals surface area contributed by atoms with Crippen LogP contribution in [0.25, 0.3) is 0 Å². The van der Waals surface area contributed by atoms with Crippen molar-refractivity contribution in [1.29, 1.82) is 0 Å². The molecule has 0 spiro atoms. The van der Waals surface area contributed by atoms with Crippen LogP contribution in [-0.4, -0.2) is 35.4 Å². The second-order valence-corrected chi connectivity index (χ2v) is 5.36. The third kappa shape index (κ3) is 3.94. The fraction of sp³-hybridized carbons (Fsp3) is 0.692. The topological polar surface area (TPSA) is 56.2 Å². The normalized spacial score (nSPS) is 14.7. The average Bonchev–Trinajstić information content (AvgIpc) is 3.13. The summed E-state index contributed by atoms with van der Waals surface area (Å²) >= 11 is 6.03. The maximum absolute atomic E-state index is 12.0. The SMILES string of the molecule is Cc1nn(C)c(Cl)c1C(=O)NCCCOCC1CC1. The van der Waals surface area contributed by atoms with Gasteiger partial charge in [-0.1, -0.05) is 11.6 Å². The summed E-state index contributed by atoms with van der Waals surface area (Å²) in [5.74, 6) is 0.615. The summed E-state index contributed by atoms with van der Waals surface area (Å²) in [4.78, 5) is 12.0. The van der Waals surface area contributed by atoms with Crippen LogP contribution in [0.3, 0.4) is 0 Å². The van der Waals surface area contributed by atoms with Crippen molar-refractivity contribution in [3.05, 3.63) is 16.4 Å². The van der Waals surface area contributed by atoms with Crippen LogP contribution in [0.15, 0.2) is 0 Å². The molecule has 0 radical (unpaired) electrons. The van der Waals surface area contributed by atoms with E-state index in [-0.39, 0.29) is 5.91 Å². The van der Waals surface area contributed by atoms with E-state index in [9.17, 15) is 4.79 Å². The van der Waals surface area contributed by atoms with Crippen LogP contribution < -0.4 is 5.32 Å². The predicted molar refractivity (Wildman–Crippen MR) is 73.4 cm³/mol. The molecule has 1 aliphatic rings. The van der Waals surface area contributed by atoms with Crippen LogP contribution in [0.1, 0.15) is 35.3 Å². The Kier molecular flexibility index (Phi) is 4.82. The number of carbonyl (C=O) groups is 1. The second kappa shape index (κ2) is 6.39. The molecule has 106 valence electrons. The molecular formula is C13H20ClN3O2. The molecule has 1 aromatic heterocycles. The van der Waals surface area contributed by atoms with Gasteiger partial charge >= 0.3 is 0 Å². The molecule has 0 bridgehead atoms. The molecule has 1 fully saturated rings. The zero-order valence-electron chi connectivity index (χ0n) is 11.4. The van der Waals surface area contributed by atoms with Gasteiger partial charge in [0.1, 0.15) is 5.15 Å². The molecule has 19 heavy (non-hydrogen) atoms.